The van der Waals surface area contributed by atoms with Crippen molar-refractivity contribution in [1.29, 1.82) is 0 Å². The summed E-state index contributed by atoms with van der Waals surface area (Å²) in [4.78, 5) is 25.3. The smallest absolute Gasteiger partial charge is 0.243 e. The minimum atomic E-state index is -1.04. The molecule has 0 atom stereocenters. The van der Waals surface area contributed by atoms with Crippen LogP contribution in [0.4, 0.5) is 14.5 Å². The molecule has 0 saturated carbocycles. The number of hydrogen-bond donors (Lipinski definition) is 3. The van der Waals surface area contributed by atoms with Crippen LogP contribution in [0.1, 0.15) is 0 Å². The molecule has 1 aliphatic heterocycles. The topological polar surface area (TPSA) is 73.5 Å². The van der Waals surface area contributed by atoms with E-state index >= 15 is 0 Å². The van der Waals surface area contributed by atoms with Crippen molar-refractivity contribution in [3.05, 3.63) is 29.8 Å². The minimum absolute atomic E-state index is 0.139. The molecule has 0 radical (unpaired) electrons. The third kappa shape index (κ3) is 5.05. The Kier molecular flexibility index (Phi) is 5.79. The fourth-order valence-corrected chi connectivity index (χ4v) is 2.09. The highest BCUT2D eigenvalue weighted by Crippen LogP contribution is 2.12. The van der Waals surface area contributed by atoms with Crippen LogP contribution < -0.4 is 16.0 Å². The molecule has 1 fully saturated rings. The number of amides is 2. The first-order valence-corrected chi connectivity index (χ1v) is 6.99. The van der Waals surface area contributed by atoms with Gasteiger partial charge in [-0.3, -0.25) is 14.5 Å². The van der Waals surface area contributed by atoms with Gasteiger partial charge in [0.05, 0.1) is 13.1 Å². The van der Waals surface area contributed by atoms with Crippen molar-refractivity contribution in [3.8, 4) is 0 Å². The lowest BCUT2D eigenvalue weighted by Gasteiger charge is -2.26. The summed E-state index contributed by atoms with van der Waals surface area (Å²) in [7, 11) is 0. The lowest BCUT2D eigenvalue weighted by molar-refractivity contribution is -0.125. The van der Waals surface area contributed by atoms with Gasteiger partial charge in [0.1, 0.15) is 0 Å². The van der Waals surface area contributed by atoms with Crippen LogP contribution in [0.5, 0.6) is 0 Å². The Bertz CT molecular complexity index is 548. The van der Waals surface area contributed by atoms with E-state index in [4.69, 9.17) is 0 Å². The summed E-state index contributed by atoms with van der Waals surface area (Å²) in [6.07, 6.45) is 0. The zero-order valence-corrected chi connectivity index (χ0v) is 12.0. The van der Waals surface area contributed by atoms with E-state index in [0.717, 1.165) is 38.3 Å². The van der Waals surface area contributed by atoms with Crippen LogP contribution in [0.3, 0.4) is 0 Å². The molecule has 2 rings (SSSR count). The van der Waals surface area contributed by atoms with E-state index < -0.39 is 17.5 Å². The quantitative estimate of drug-likeness (QED) is 0.711. The van der Waals surface area contributed by atoms with Gasteiger partial charge < -0.3 is 16.0 Å². The van der Waals surface area contributed by atoms with E-state index in [2.05, 4.69) is 16.0 Å². The number of hydrogen-bond acceptors (Lipinski definition) is 4. The average molecular weight is 312 g/mol. The van der Waals surface area contributed by atoms with Crippen LogP contribution in [-0.4, -0.2) is 56.0 Å². The van der Waals surface area contributed by atoms with Gasteiger partial charge in [0.25, 0.3) is 0 Å². The molecular formula is C14H18F2N4O2. The Hall–Kier alpha value is -2.06. The molecule has 0 unspecified atom stereocenters. The Morgan fingerprint density at radius 2 is 1.86 bits per heavy atom. The largest absolute Gasteiger partial charge is 0.346 e. The van der Waals surface area contributed by atoms with Crippen molar-refractivity contribution in [2.75, 3.05) is 44.6 Å². The summed E-state index contributed by atoms with van der Waals surface area (Å²) in [5.74, 6) is -2.77. The second-order valence-corrected chi connectivity index (χ2v) is 4.98. The third-order valence-electron chi connectivity index (χ3n) is 3.23. The second kappa shape index (κ2) is 7.81. The van der Waals surface area contributed by atoms with Gasteiger partial charge in [0.15, 0.2) is 11.6 Å². The predicted octanol–water partition coefficient (Wildman–Crippen LogP) is -0.0753. The van der Waals surface area contributed by atoms with Gasteiger partial charge in [-0.15, -0.1) is 0 Å². The molecule has 1 aromatic carbocycles. The second-order valence-electron chi connectivity index (χ2n) is 4.98. The number of nitrogens with zero attached hydrogens (tertiary/aromatic N) is 1. The van der Waals surface area contributed by atoms with E-state index in [-0.39, 0.29) is 24.7 Å². The standard InChI is InChI=1S/C14H18F2N4O2/c15-11-2-1-10(7-12(11)16)19-13(21)8-18-14(22)9-20-5-3-17-4-6-20/h1-2,7,17H,3-6,8-9H2,(H,18,22)(H,19,21). The van der Waals surface area contributed by atoms with Gasteiger partial charge in [0.2, 0.25) is 11.8 Å². The highest BCUT2D eigenvalue weighted by molar-refractivity contribution is 5.94. The zero-order valence-electron chi connectivity index (χ0n) is 12.0. The Balaban J connectivity index is 1.72. The van der Waals surface area contributed by atoms with Crippen molar-refractivity contribution in [2.45, 2.75) is 0 Å². The molecule has 22 heavy (non-hydrogen) atoms. The average Bonchev–Trinajstić information content (AvgIpc) is 2.50. The summed E-state index contributed by atoms with van der Waals surface area (Å²) in [5.41, 5.74) is 0.139. The van der Waals surface area contributed by atoms with E-state index in [1.165, 1.54) is 6.07 Å². The van der Waals surface area contributed by atoms with Crippen LogP contribution in [0.25, 0.3) is 0 Å². The lowest BCUT2D eigenvalue weighted by Crippen LogP contribution is -2.48. The molecule has 1 heterocycles. The number of carbonyl (C=O) groups excluding carboxylic acids is 2. The maximum Gasteiger partial charge on any atom is 0.243 e. The summed E-state index contributed by atoms with van der Waals surface area (Å²) < 4.78 is 25.8. The molecular weight excluding hydrogens is 294 g/mol. The normalized spacial score (nSPS) is 15.4. The molecule has 1 saturated heterocycles. The molecule has 1 aromatic rings. The number of rotatable bonds is 5. The molecule has 2 amide bonds. The van der Waals surface area contributed by atoms with Gasteiger partial charge in [-0.05, 0) is 12.1 Å². The number of carbonyl (C=O) groups is 2. The van der Waals surface area contributed by atoms with Crippen LogP contribution in [0.15, 0.2) is 18.2 Å². The van der Waals surface area contributed by atoms with Crippen LogP contribution in [0, 0.1) is 11.6 Å². The van der Waals surface area contributed by atoms with Crippen molar-refractivity contribution in [3.63, 3.8) is 0 Å². The molecule has 120 valence electrons. The fraction of sp³-hybridized carbons (Fsp3) is 0.429. The maximum absolute atomic E-state index is 13.0. The summed E-state index contributed by atoms with van der Waals surface area (Å²) in [6.45, 7) is 3.26. The Morgan fingerprint density at radius 3 is 2.55 bits per heavy atom. The first kappa shape index (κ1) is 16.3. The van der Waals surface area contributed by atoms with Crippen molar-refractivity contribution in [1.82, 2.24) is 15.5 Å². The Labute approximate surface area is 126 Å². The van der Waals surface area contributed by atoms with E-state index in [1.54, 1.807) is 0 Å². The molecule has 8 heteroatoms. The highest BCUT2D eigenvalue weighted by atomic mass is 19.2. The number of benzene rings is 1. The summed E-state index contributed by atoms with van der Waals surface area (Å²) >= 11 is 0. The molecule has 0 aliphatic carbocycles. The molecule has 3 N–H and O–H groups in total. The number of halogens is 2. The Morgan fingerprint density at radius 1 is 1.14 bits per heavy atom. The van der Waals surface area contributed by atoms with Crippen molar-refractivity contribution < 1.29 is 18.4 Å². The predicted molar refractivity (Wildman–Crippen MR) is 77.3 cm³/mol. The number of piperazine rings is 1. The maximum atomic E-state index is 13.0. The highest BCUT2D eigenvalue weighted by Gasteiger charge is 2.14. The third-order valence-corrected chi connectivity index (χ3v) is 3.23. The van der Waals surface area contributed by atoms with Gasteiger partial charge >= 0.3 is 0 Å². The molecule has 1 aliphatic rings. The van der Waals surface area contributed by atoms with Crippen molar-refractivity contribution >= 4 is 17.5 Å². The van der Waals surface area contributed by atoms with Gasteiger partial charge in [-0.2, -0.15) is 0 Å². The van der Waals surface area contributed by atoms with Crippen molar-refractivity contribution in [2.24, 2.45) is 0 Å². The number of nitrogens with one attached hydrogen (secondary N) is 3. The lowest BCUT2D eigenvalue weighted by atomic mass is 10.3. The van der Waals surface area contributed by atoms with Crippen LogP contribution in [0.2, 0.25) is 0 Å². The molecule has 0 spiro atoms. The zero-order chi connectivity index (χ0) is 15.9. The van der Waals surface area contributed by atoms with Crippen LogP contribution in [-0.2, 0) is 9.59 Å². The molecule has 0 aromatic heterocycles. The van der Waals surface area contributed by atoms with Gasteiger partial charge in [0, 0.05) is 37.9 Å². The van der Waals surface area contributed by atoms with Gasteiger partial charge in [-0.1, -0.05) is 0 Å². The van der Waals surface area contributed by atoms with Gasteiger partial charge in [-0.25, -0.2) is 8.78 Å². The first-order valence-electron chi connectivity index (χ1n) is 6.99. The SMILES string of the molecule is O=C(CN1CCNCC1)NCC(=O)Nc1ccc(F)c(F)c1. The molecule has 0 bridgehead atoms. The number of anilines is 1. The fourth-order valence-electron chi connectivity index (χ4n) is 2.09. The van der Waals surface area contributed by atoms with E-state index in [1.807, 2.05) is 4.90 Å². The van der Waals surface area contributed by atoms with E-state index in [9.17, 15) is 18.4 Å². The summed E-state index contributed by atoms with van der Waals surface area (Å²) in [5, 5.41) is 8.06. The van der Waals surface area contributed by atoms with E-state index in [0.29, 0.717) is 0 Å². The first-order chi connectivity index (χ1) is 10.5. The monoisotopic (exact) mass is 312 g/mol. The molecule has 6 nitrogen and oxygen atoms in total. The minimum Gasteiger partial charge on any atom is -0.346 e. The summed E-state index contributed by atoms with van der Waals surface area (Å²) in [6, 6.07) is 3.06. The van der Waals surface area contributed by atoms with Crippen LogP contribution >= 0.6 is 0 Å².